The minimum atomic E-state index is -0.854. The number of quaternary nitrogens is 1. The standard InChI is InChI=1S/C7H13NO2.ClH/c1-6(7(9)10)5-8(2,3)4;/h5H,1-4H3;1H. The Balaban J connectivity index is 0. The molecular formula is C7H14ClNO2. The molecule has 1 N–H and O–H groups in total. The van der Waals surface area contributed by atoms with E-state index in [2.05, 4.69) is 0 Å². The number of rotatable bonds is 2. The quantitative estimate of drug-likeness (QED) is 0.382. The Morgan fingerprint density at radius 1 is 1.36 bits per heavy atom. The maximum Gasteiger partial charge on any atom is 0.336 e. The molecule has 3 nitrogen and oxygen atoms in total. The Labute approximate surface area is 73.3 Å². The third-order valence-electron chi connectivity index (χ3n) is 0.918. The van der Waals surface area contributed by atoms with Crippen molar-refractivity contribution in [3.05, 3.63) is 11.8 Å². The number of nitrogens with zero attached hydrogens (tertiary/aromatic N) is 1. The summed E-state index contributed by atoms with van der Waals surface area (Å²) in [4.78, 5) is 10.3. The number of hydrogen-bond acceptors (Lipinski definition) is 1. The van der Waals surface area contributed by atoms with Crippen LogP contribution in [0.2, 0.25) is 0 Å². The predicted molar refractivity (Wildman–Crippen MR) is 39.4 cm³/mol. The van der Waals surface area contributed by atoms with Crippen LogP contribution >= 0.6 is 0 Å². The molecule has 0 aromatic carbocycles. The number of carboxylic acids is 1. The summed E-state index contributed by atoms with van der Waals surface area (Å²) < 4.78 is 0.540. The SMILES string of the molecule is CC(=C[N+](C)(C)C)C(=O)O.[Cl-]. The lowest BCUT2D eigenvalue weighted by Crippen LogP contribution is -3.00. The molecule has 0 aromatic rings. The Morgan fingerprint density at radius 2 is 1.73 bits per heavy atom. The van der Waals surface area contributed by atoms with Gasteiger partial charge in [0.25, 0.3) is 0 Å². The number of carboxylic acid groups (broad SMARTS) is 1. The van der Waals surface area contributed by atoms with Gasteiger partial charge in [-0.15, -0.1) is 0 Å². The van der Waals surface area contributed by atoms with Crippen LogP contribution in [0, 0.1) is 0 Å². The number of aliphatic carboxylic acids is 1. The second kappa shape index (κ2) is 4.36. The molecular weight excluding hydrogens is 166 g/mol. The summed E-state index contributed by atoms with van der Waals surface area (Å²) >= 11 is 0. The maximum absolute atomic E-state index is 10.3. The van der Waals surface area contributed by atoms with E-state index in [0.717, 1.165) is 0 Å². The van der Waals surface area contributed by atoms with Crippen LogP contribution in [-0.2, 0) is 4.79 Å². The summed E-state index contributed by atoms with van der Waals surface area (Å²) in [6.07, 6.45) is 1.68. The fourth-order valence-corrected chi connectivity index (χ4v) is 0.636. The molecule has 0 saturated heterocycles. The molecule has 11 heavy (non-hydrogen) atoms. The summed E-state index contributed by atoms with van der Waals surface area (Å²) in [6.45, 7) is 1.59. The van der Waals surface area contributed by atoms with E-state index >= 15 is 0 Å². The van der Waals surface area contributed by atoms with Gasteiger partial charge in [-0.2, -0.15) is 0 Å². The van der Waals surface area contributed by atoms with E-state index < -0.39 is 5.97 Å². The summed E-state index contributed by atoms with van der Waals surface area (Å²) in [6, 6.07) is 0. The average Bonchev–Trinajstić information content (AvgIpc) is 1.60. The highest BCUT2D eigenvalue weighted by molar-refractivity contribution is 5.85. The highest BCUT2D eigenvalue weighted by Gasteiger charge is 2.07. The van der Waals surface area contributed by atoms with Crippen molar-refractivity contribution in [1.82, 2.24) is 0 Å². The molecule has 4 heteroatoms. The second-order valence-corrected chi connectivity index (χ2v) is 3.23. The lowest BCUT2D eigenvalue weighted by Gasteiger charge is -2.17. The van der Waals surface area contributed by atoms with Gasteiger partial charge in [-0.1, -0.05) is 0 Å². The largest absolute Gasteiger partial charge is 1.00 e. The van der Waals surface area contributed by atoms with Crippen LogP contribution in [0.15, 0.2) is 11.8 Å². The van der Waals surface area contributed by atoms with Gasteiger partial charge in [0.15, 0.2) is 0 Å². The summed E-state index contributed by atoms with van der Waals surface area (Å²) in [5.74, 6) is -0.854. The first-order chi connectivity index (χ1) is 4.33. The van der Waals surface area contributed by atoms with Gasteiger partial charge in [0.1, 0.15) is 6.20 Å². The van der Waals surface area contributed by atoms with Gasteiger partial charge >= 0.3 is 5.97 Å². The highest BCUT2D eigenvalue weighted by atomic mass is 35.5. The molecule has 0 atom stereocenters. The fraction of sp³-hybridized carbons (Fsp3) is 0.571. The van der Waals surface area contributed by atoms with E-state index in [1.165, 1.54) is 0 Å². The van der Waals surface area contributed by atoms with Crippen molar-refractivity contribution < 1.29 is 26.8 Å². The van der Waals surface area contributed by atoms with Crippen LogP contribution in [-0.4, -0.2) is 36.7 Å². The molecule has 0 rings (SSSR count). The van der Waals surface area contributed by atoms with Gasteiger partial charge in [-0.3, -0.25) is 0 Å². The van der Waals surface area contributed by atoms with Crippen molar-refractivity contribution in [2.24, 2.45) is 0 Å². The van der Waals surface area contributed by atoms with Crippen molar-refractivity contribution >= 4 is 5.97 Å². The molecule has 66 valence electrons. The first-order valence-corrected chi connectivity index (χ1v) is 3.07. The molecule has 0 heterocycles. The van der Waals surface area contributed by atoms with Crippen LogP contribution in [0.25, 0.3) is 0 Å². The van der Waals surface area contributed by atoms with Crippen molar-refractivity contribution in [1.29, 1.82) is 0 Å². The van der Waals surface area contributed by atoms with Gasteiger partial charge in [0.2, 0.25) is 0 Å². The number of hydrogen-bond donors (Lipinski definition) is 1. The van der Waals surface area contributed by atoms with Crippen LogP contribution in [0.4, 0.5) is 0 Å². The smallest absolute Gasteiger partial charge is 0.336 e. The lowest BCUT2D eigenvalue weighted by atomic mass is 10.3. The third kappa shape index (κ3) is 7.36. The first-order valence-electron chi connectivity index (χ1n) is 3.07. The molecule has 0 aliphatic heterocycles. The van der Waals surface area contributed by atoms with Crippen molar-refractivity contribution in [2.75, 3.05) is 21.1 Å². The lowest BCUT2D eigenvalue weighted by molar-refractivity contribution is -0.817. The summed E-state index contributed by atoms with van der Waals surface area (Å²) in [5, 5.41) is 8.47. The van der Waals surface area contributed by atoms with Crippen LogP contribution in [0.1, 0.15) is 6.92 Å². The molecule has 0 radical (unpaired) electrons. The van der Waals surface area contributed by atoms with Crippen LogP contribution < -0.4 is 12.4 Å². The zero-order valence-corrected chi connectivity index (χ0v) is 8.01. The van der Waals surface area contributed by atoms with E-state index in [1.807, 2.05) is 21.1 Å². The van der Waals surface area contributed by atoms with Gasteiger partial charge in [-0.25, -0.2) is 4.79 Å². The van der Waals surface area contributed by atoms with Gasteiger partial charge in [-0.05, 0) is 6.92 Å². The zero-order valence-electron chi connectivity index (χ0n) is 7.26. The second-order valence-electron chi connectivity index (χ2n) is 3.23. The van der Waals surface area contributed by atoms with Gasteiger partial charge in [0, 0.05) is 0 Å². The van der Waals surface area contributed by atoms with Crippen molar-refractivity contribution in [3.8, 4) is 0 Å². The van der Waals surface area contributed by atoms with Crippen molar-refractivity contribution in [3.63, 3.8) is 0 Å². The molecule has 0 aromatic heterocycles. The fourth-order valence-electron chi connectivity index (χ4n) is 0.636. The average molecular weight is 180 g/mol. The molecule has 0 aliphatic carbocycles. The Hall–Kier alpha value is -0.540. The predicted octanol–water partition coefficient (Wildman–Crippen LogP) is -2.31. The van der Waals surface area contributed by atoms with E-state index in [1.54, 1.807) is 13.1 Å². The molecule has 0 bridgehead atoms. The molecule has 0 unspecified atom stereocenters. The van der Waals surface area contributed by atoms with Crippen molar-refractivity contribution in [2.45, 2.75) is 6.92 Å². The molecule has 0 spiro atoms. The molecule has 0 saturated carbocycles. The van der Waals surface area contributed by atoms with Gasteiger partial charge in [0.05, 0.1) is 26.7 Å². The van der Waals surface area contributed by atoms with E-state index in [9.17, 15) is 4.79 Å². The monoisotopic (exact) mass is 179 g/mol. The minimum Gasteiger partial charge on any atom is -1.00 e. The summed E-state index contributed by atoms with van der Waals surface area (Å²) in [7, 11) is 5.73. The Kier molecular flexibility index (Phi) is 5.19. The topological polar surface area (TPSA) is 37.3 Å². The number of halogens is 1. The number of carbonyl (C=O) groups is 1. The molecule has 0 amide bonds. The maximum atomic E-state index is 10.3. The van der Waals surface area contributed by atoms with Gasteiger partial charge < -0.3 is 22.0 Å². The third-order valence-corrected chi connectivity index (χ3v) is 0.918. The Morgan fingerprint density at radius 3 is 1.82 bits per heavy atom. The zero-order chi connectivity index (χ0) is 8.36. The highest BCUT2D eigenvalue weighted by Crippen LogP contribution is 1.99. The Bertz CT molecular complexity index is 170. The normalized spacial score (nSPS) is 12.2. The first kappa shape index (κ1) is 13.1. The van der Waals surface area contributed by atoms with E-state index in [4.69, 9.17) is 5.11 Å². The summed E-state index contributed by atoms with van der Waals surface area (Å²) in [5.41, 5.74) is 0.382. The van der Waals surface area contributed by atoms with E-state index in [-0.39, 0.29) is 12.4 Å². The molecule has 0 aliphatic rings. The molecule has 0 fully saturated rings. The van der Waals surface area contributed by atoms with E-state index in [0.29, 0.717) is 10.1 Å². The minimum absolute atomic E-state index is 0. The van der Waals surface area contributed by atoms with Crippen LogP contribution in [0.3, 0.4) is 0 Å². The van der Waals surface area contributed by atoms with Crippen LogP contribution in [0.5, 0.6) is 0 Å².